The summed E-state index contributed by atoms with van der Waals surface area (Å²) in [6.07, 6.45) is 2.73. The van der Waals surface area contributed by atoms with Gasteiger partial charge in [0.05, 0.1) is 12.4 Å². The van der Waals surface area contributed by atoms with Gasteiger partial charge in [-0.15, -0.1) is 0 Å². The summed E-state index contributed by atoms with van der Waals surface area (Å²) in [5.74, 6) is -0.891. The number of carbonyl (C=O) groups excluding carboxylic acids is 1. The predicted molar refractivity (Wildman–Crippen MR) is 94.5 cm³/mol. The second-order valence-electron chi connectivity index (χ2n) is 6.53. The number of benzene rings is 1. The lowest BCUT2D eigenvalue weighted by molar-refractivity contribution is -0.139. The van der Waals surface area contributed by atoms with Gasteiger partial charge in [-0.2, -0.15) is 0 Å². The molecule has 0 atom stereocenters. The van der Waals surface area contributed by atoms with Crippen molar-refractivity contribution in [3.05, 3.63) is 23.8 Å². The molecule has 26 heavy (non-hydrogen) atoms. The van der Waals surface area contributed by atoms with Gasteiger partial charge < -0.3 is 19.9 Å². The lowest BCUT2D eigenvalue weighted by Crippen LogP contribution is -2.33. The zero-order chi connectivity index (χ0) is 19.4. The van der Waals surface area contributed by atoms with E-state index in [1.54, 1.807) is 6.92 Å². The SMILES string of the molecule is CCOc1cc(C(=O)NCC2(CS(C)(=O)=O)CC2)ccc1OCC(=O)O. The fourth-order valence-electron chi connectivity index (χ4n) is 2.65. The van der Waals surface area contributed by atoms with Crippen LogP contribution in [0.1, 0.15) is 30.1 Å². The van der Waals surface area contributed by atoms with Crippen molar-refractivity contribution in [3.8, 4) is 11.5 Å². The van der Waals surface area contributed by atoms with Crippen LogP contribution < -0.4 is 14.8 Å². The molecule has 1 fully saturated rings. The van der Waals surface area contributed by atoms with Gasteiger partial charge >= 0.3 is 5.97 Å². The van der Waals surface area contributed by atoms with E-state index in [0.717, 1.165) is 12.8 Å². The first kappa shape index (κ1) is 20.0. The Hall–Kier alpha value is -2.29. The van der Waals surface area contributed by atoms with Crippen molar-refractivity contribution in [1.82, 2.24) is 5.32 Å². The fourth-order valence-corrected chi connectivity index (χ4v) is 4.15. The third-order valence-corrected chi connectivity index (χ3v) is 5.14. The van der Waals surface area contributed by atoms with Crippen molar-refractivity contribution < 1.29 is 32.6 Å². The Balaban J connectivity index is 2.04. The normalized spacial score (nSPS) is 15.2. The second-order valence-corrected chi connectivity index (χ2v) is 8.67. The zero-order valence-corrected chi connectivity index (χ0v) is 15.6. The van der Waals surface area contributed by atoms with E-state index in [4.69, 9.17) is 14.6 Å². The van der Waals surface area contributed by atoms with Crippen LogP contribution >= 0.6 is 0 Å². The average molecular weight is 385 g/mol. The Bertz CT molecular complexity index is 784. The standard InChI is InChI=1S/C17H23NO7S/c1-3-24-14-8-12(4-5-13(14)25-9-15(19)20)16(21)18-10-17(6-7-17)11-26(2,22)23/h4-5,8H,3,6-7,9-11H2,1-2H3,(H,18,21)(H,19,20). The maximum atomic E-state index is 12.4. The third kappa shape index (κ3) is 5.91. The number of hydrogen-bond acceptors (Lipinski definition) is 6. The molecule has 1 aliphatic carbocycles. The van der Waals surface area contributed by atoms with Gasteiger partial charge in [0.25, 0.3) is 5.91 Å². The van der Waals surface area contributed by atoms with Crippen LogP contribution in [0.5, 0.6) is 11.5 Å². The van der Waals surface area contributed by atoms with Crippen molar-refractivity contribution in [3.63, 3.8) is 0 Å². The van der Waals surface area contributed by atoms with Crippen LogP contribution in [-0.4, -0.2) is 57.2 Å². The summed E-state index contributed by atoms with van der Waals surface area (Å²) in [4.78, 5) is 23.0. The van der Waals surface area contributed by atoms with Gasteiger partial charge in [0.15, 0.2) is 18.1 Å². The molecule has 2 rings (SSSR count). The van der Waals surface area contributed by atoms with Crippen molar-refractivity contribution >= 4 is 21.7 Å². The molecule has 0 unspecified atom stereocenters. The van der Waals surface area contributed by atoms with Gasteiger partial charge in [-0.3, -0.25) is 4.79 Å². The Kier molecular flexibility index (Phi) is 6.12. The fraction of sp³-hybridized carbons (Fsp3) is 0.529. The Morgan fingerprint density at radius 1 is 1.23 bits per heavy atom. The summed E-state index contributed by atoms with van der Waals surface area (Å²) in [7, 11) is -3.10. The number of carbonyl (C=O) groups is 2. The van der Waals surface area contributed by atoms with Crippen molar-refractivity contribution in [1.29, 1.82) is 0 Å². The minimum atomic E-state index is -3.10. The molecule has 0 aliphatic heterocycles. The highest BCUT2D eigenvalue weighted by Crippen LogP contribution is 2.46. The first-order valence-corrected chi connectivity index (χ1v) is 10.3. The molecule has 2 N–H and O–H groups in total. The van der Waals surface area contributed by atoms with E-state index in [2.05, 4.69) is 5.32 Å². The molecule has 1 aromatic rings. The summed E-state index contributed by atoms with van der Waals surface area (Å²) in [5, 5.41) is 11.5. The topological polar surface area (TPSA) is 119 Å². The van der Waals surface area contributed by atoms with Gasteiger partial charge in [-0.1, -0.05) is 0 Å². The van der Waals surface area contributed by atoms with Gasteiger partial charge in [-0.05, 0) is 38.0 Å². The van der Waals surface area contributed by atoms with Gasteiger partial charge in [0.1, 0.15) is 9.84 Å². The molecule has 0 aromatic heterocycles. The minimum Gasteiger partial charge on any atom is -0.490 e. The Morgan fingerprint density at radius 2 is 1.92 bits per heavy atom. The summed E-state index contributed by atoms with van der Waals surface area (Å²) in [5.41, 5.74) is -0.0393. The van der Waals surface area contributed by atoms with Crippen LogP contribution in [0.4, 0.5) is 0 Å². The predicted octanol–water partition coefficient (Wildman–Crippen LogP) is 1.10. The van der Waals surface area contributed by atoms with E-state index in [-0.39, 0.29) is 28.6 Å². The summed E-state index contributed by atoms with van der Waals surface area (Å²) in [6.45, 7) is 1.86. The molecule has 1 amide bonds. The molecule has 1 saturated carbocycles. The van der Waals surface area contributed by atoms with E-state index >= 15 is 0 Å². The number of nitrogens with one attached hydrogen (secondary N) is 1. The lowest BCUT2D eigenvalue weighted by Gasteiger charge is -2.16. The van der Waals surface area contributed by atoms with Gasteiger partial charge in [0, 0.05) is 23.8 Å². The van der Waals surface area contributed by atoms with Crippen LogP contribution in [-0.2, 0) is 14.6 Å². The summed E-state index contributed by atoms with van der Waals surface area (Å²) >= 11 is 0. The van der Waals surface area contributed by atoms with Crippen LogP contribution in [0.3, 0.4) is 0 Å². The van der Waals surface area contributed by atoms with Gasteiger partial charge in [-0.25, -0.2) is 13.2 Å². The number of aliphatic carboxylic acids is 1. The molecule has 1 aliphatic rings. The van der Waals surface area contributed by atoms with Gasteiger partial charge in [0.2, 0.25) is 0 Å². The van der Waals surface area contributed by atoms with Crippen molar-refractivity contribution in [2.45, 2.75) is 19.8 Å². The van der Waals surface area contributed by atoms with Crippen LogP contribution in [0.15, 0.2) is 18.2 Å². The molecule has 144 valence electrons. The molecule has 0 saturated heterocycles. The smallest absolute Gasteiger partial charge is 0.341 e. The molecular weight excluding hydrogens is 362 g/mol. The molecule has 1 aromatic carbocycles. The maximum Gasteiger partial charge on any atom is 0.341 e. The number of carboxylic acids is 1. The molecular formula is C17H23NO7S. The van der Waals surface area contributed by atoms with Crippen LogP contribution in [0, 0.1) is 5.41 Å². The monoisotopic (exact) mass is 385 g/mol. The third-order valence-electron chi connectivity index (χ3n) is 4.01. The summed E-state index contributed by atoms with van der Waals surface area (Å²) < 4.78 is 33.5. The number of ether oxygens (including phenoxy) is 2. The highest BCUT2D eigenvalue weighted by atomic mass is 32.2. The van der Waals surface area contributed by atoms with Crippen LogP contribution in [0.25, 0.3) is 0 Å². The second kappa shape index (κ2) is 7.94. The number of carboxylic acid groups (broad SMARTS) is 1. The van der Waals surface area contributed by atoms with E-state index in [1.807, 2.05) is 0 Å². The van der Waals surface area contributed by atoms with E-state index in [1.165, 1.54) is 24.5 Å². The maximum absolute atomic E-state index is 12.4. The highest BCUT2D eigenvalue weighted by Gasteiger charge is 2.45. The Morgan fingerprint density at radius 3 is 2.46 bits per heavy atom. The lowest BCUT2D eigenvalue weighted by atomic mass is 10.1. The first-order chi connectivity index (χ1) is 12.1. The van der Waals surface area contributed by atoms with Crippen LogP contribution in [0.2, 0.25) is 0 Å². The largest absolute Gasteiger partial charge is 0.490 e. The molecule has 8 nitrogen and oxygen atoms in total. The van der Waals surface area contributed by atoms with E-state index in [9.17, 15) is 18.0 Å². The number of sulfone groups is 1. The molecule has 0 bridgehead atoms. The molecule has 0 heterocycles. The number of amides is 1. The highest BCUT2D eigenvalue weighted by molar-refractivity contribution is 7.90. The minimum absolute atomic E-state index is 0.0619. The first-order valence-electron chi connectivity index (χ1n) is 8.21. The van der Waals surface area contributed by atoms with Crippen molar-refractivity contribution in [2.75, 3.05) is 31.8 Å². The van der Waals surface area contributed by atoms with E-state index in [0.29, 0.717) is 18.7 Å². The Labute approximate surface area is 152 Å². The molecule has 9 heteroatoms. The molecule has 0 spiro atoms. The number of hydrogen-bond donors (Lipinski definition) is 2. The van der Waals surface area contributed by atoms with Crippen molar-refractivity contribution in [2.24, 2.45) is 5.41 Å². The number of rotatable bonds is 10. The van der Waals surface area contributed by atoms with E-state index < -0.39 is 22.4 Å². The molecule has 0 radical (unpaired) electrons. The quantitative estimate of drug-likeness (QED) is 0.619. The summed E-state index contributed by atoms with van der Waals surface area (Å²) in [6, 6.07) is 4.46. The average Bonchev–Trinajstić information content (AvgIpc) is 3.29. The zero-order valence-electron chi connectivity index (χ0n) is 14.8.